The van der Waals surface area contributed by atoms with Crippen molar-refractivity contribution in [2.75, 3.05) is 77.7 Å². The lowest BCUT2D eigenvalue weighted by atomic mass is 10.2. The zero-order chi connectivity index (χ0) is 21.1. The standard InChI is InChI=1S/C23H36N4O4/c1(12-29-18-19-3-4-19)7-24-23(25-8-9-27-10-15-28-16-11-27)26-20-5-6-21-22(17-20)31-14-2-13-30-21/h5-6,17,19H,1-4,7-16,18H2,(H2,24,25,26). The first-order valence-electron chi connectivity index (χ1n) is 11.7. The number of nitrogens with one attached hydrogen (secondary N) is 2. The second kappa shape index (κ2) is 12.1. The zero-order valence-corrected chi connectivity index (χ0v) is 18.4. The topological polar surface area (TPSA) is 76.6 Å². The van der Waals surface area contributed by atoms with E-state index in [1.165, 1.54) is 12.8 Å². The molecule has 0 radical (unpaired) electrons. The number of rotatable bonds is 10. The van der Waals surface area contributed by atoms with E-state index < -0.39 is 0 Å². The van der Waals surface area contributed by atoms with Gasteiger partial charge in [0.25, 0.3) is 0 Å². The maximum atomic E-state index is 5.82. The minimum absolute atomic E-state index is 0.677. The number of hydrogen-bond acceptors (Lipinski definition) is 6. The molecule has 3 aliphatic rings. The number of benzene rings is 1. The fraction of sp³-hybridized carbons (Fsp3) is 0.696. The fourth-order valence-electron chi connectivity index (χ4n) is 3.57. The van der Waals surface area contributed by atoms with Gasteiger partial charge in [-0.15, -0.1) is 0 Å². The third-order valence-corrected chi connectivity index (χ3v) is 5.60. The SMILES string of the molecule is c1cc2c(cc1NC(=NCCCOCC1CC1)NCCN1CCOCC1)OCCCO2. The minimum atomic E-state index is 0.677. The van der Waals surface area contributed by atoms with E-state index in [2.05, 4.69) is 15.5 Å². The zero-order valence-electron chi connectivity index (χ0n) is 18.4. The Kier molecular flexibility index (Phi) is 8.67. The number of anilines is 1. The van der Waals surface area contributed by atoms with Gasteiger partial charge in [0.15, 0.2) is 17.5 Å². The molecule has 2 heterocycles. The molecule has 0 atom stereocenters. The summed E-state index contributed by atoms with van der Waals surface area (Å²) < 4.78 is 22.7. The largest absolute Gasteiger partial charge is 0.490 e. The van der Waals surface area contributed by atoms with Gasteiger partial charge in [-0.1, -0.05) is 0 Å². The van der Waals surface area contributed by atoms with Crippen LogP contribution in [0.1, 0.15) is 25.7 Å². The van der Waals surface area contributed by atoms with Gasteiger partial charge in [0.1, 0.15) is 0 Å². The van der Waals surface area contributed by atoms with Gasteiger partial charge in [-0.25, -0.2) is 0 Å². The summed E-state index contributed by atoms with van der Waals surface area (Å²) in [6.45, 7) is 9.17. The Balaban J connectivity index is 1.29. The van der Waals surface area contributed by atoms with Crippen molar-refractivity contribution in [3.63, 3.8) is 0 Å². The molecule has 0 aromatic heterocycles. The second-order valence-corrected chi connectivity index (χ2v) is 8.32. The van der Waals surface area contributed by atoms with Crippen LogP contribution >= 0.6 is 0 Å². The van der Waals surface area contributed by atoms with E-state index in [-0.39, 0.29) is 0 Å². The van der Waals surface area contributed by atoms with E-state index in [0.717, 1.165) is 101 Å². The number of guanidine groups is 1. The van der Waals surface area contributed by atoms with Gasteiger partial charge in [0.2, 0.25) is 0 Å². The van der Waals surface area contributed by atoms with Crippen molar-refractivity contribution in [3.05, 3.63) is 18.2 Å². The number of hydrogen-bond donors (Lipinski definition) is 2. The van der Waals surface area contributed by atoms with Crippen molar-refractivity contribution in [1.82, 2.24) is 10.2 Å². The molecule has 0 amide bonds. The maximum absolute atomic E-state index is 5.82. The van der Waals surface area contributed by atoms with Crippen molar-refractivity contribution in [1.29, 1.82) is 0 Å². The first kappa shape index (κ1) is 22.2. The van der Waals surface area contributed by atoms with Crippen molar-refractivity contribution in [3.8, 4) is 11.5 Å². The molecule has 172 valence electrons. The number of fused-ring (bicyclic) bond motifs is 1. The van der Waals surface area contributed by atoms with Crippen molar-refractivity contribution in [2.24, 2.45) is 10.9 Å². The van der Waals surface area contributed by atoms with Crippen molar-refractivity contribution in [2.45, 2.75) is 25.7 Å². The lowest BCUT2D eigenvalue weighted by molar-refractivity contribution is 0.0389. The number of ether oxygens (including phenoxy) is 4. The highest BCUT2D eigenvalue weighted by atomic mass is 16.5. The molecule has 0 unspecified atom stereocenters. The molecule has 8 nitrogen and oxygen atoms in total. The van der Waals surface area contributed by atoms with Crippen LogP contribution in [0.5, 0.6) is 11.5 Å². The van der Waals surface area contributed by atoms with Gasteiger partial charge in [0, 0.05) is 64.1 Å². The molecular formula is C23H36N4O4. The van der Waals surface area contributed by atoms with Crippen LogP contribution < -0.4 is 20.1 Å². The minimum Gasteiger partial charge on any atom is -0.490 e. The van der Waals surface area contributed by atoms with E-state index in [9.17, 15) is 0 Å². The highest BCUT2D eigenvalue weighted by molar-refractivity contribution is 5.94. The molecule has 0 spiro atoms. The maximum Gasteiger partial charge on any atom is 0.195 e. The number of aliphatic imine (C=N–C) groups is 1. The predicted octanol–water partition coefficient (Wildman–Crippen LogP) is 2.35. The van der Waals surface area contributed by atoms with Crippen LogP contribution in [0.25, 0.3) is 0 Å². The summed E-state index contributed by atoms with van der Waals surface area (Å²) in [7, 11) is 0. The van der Waals surface area contributed by atoms with E-state index in [1.54, 1.807) is 0 Å². The summed E-state index contributed by atoms with van der Waals surface area (Å²) in [6, 6.07) is 5.95. The molecular weight excluding hydrogens is 396 g/mol. The van der Waals surface area contributed by atoms with Gasteiger partial charge < -0.3 is 29.6 Å². The van der Waals surface area contributed by atoms with Gasteiger partial charge in [-0.05, 0) is 37.3 Å². The summed E-state index contributed by atoms with van der Waals surface area (Å²) in [5.41, 5.74) is 0.937. The molecule has 8 heteroatoms. The molecule has 2 aliphatic heterocycles. The van der Waals surface area contributed by atoms with Gasteiger partial charge in [-0.2, -0.15) is 0 Å². The number of nitrogens with zero attached hydrogens (tertiary/aromatic N) is 2. The Morgan fingerprint density at radius 3 is 2.77 bits per heavy atom. The Morgan fingerprint density at radius 1 is 1.10 bits per heavy atom. The molecule has 4 rings (SSSR count). The molecule has 1 aromatic rings. The first-order chi connectivity index (χ1) is 15.4. The van der Waals surface area contributed by atoms with Crippen LogP contribution in [0.2, 0.25) is 0 Å². The second-order valence-electron chi connectivity index (χ2n) is 8.32. The summed E-state index contributed by atoms with van der Waals surface area (Å²) in [5, 5.41) is 6.90. The van der Waals surface area contributed by atoms with Gasteiger partial charge in [-0.3, -0.25) is 9.89 Å². The van der Waals surface area contributed by atoms with Gasteiger partial charge in [0.05, 0.1) is 26.4 Å². The Hall–Kier alpha value is -2.03. The highest BCUT2D eigenvalue weighted by Gasteiger charge is 2.20. The van der Waals surface area contributed by atoms with Crippen LogP contribution in [0.4, 0.5) is 5.69 Å². The fourth-order valence-corrected chi connectivity index (χ4v) is 3.57. The summed E-state index contributed by atoms with van der Waals surface area (Å²) in [5.74, 6) is 3.17. The van der Waals surface area contributed by atoms with E-state index in [0.29, 0.717) is 13.2 Å². The van der Waals surface area contributed by atoms with Crippen LogP contribution in [0.3, 0.4) is 0 Å². The smallest absolute Gasteiger partial charge is 0.195 e. The van der Waals surface area contributed by atoms with Gasteiger partial charge >= 0.3 is 0 Å². The van der Waals surface area contributed by atoms with Crippen LogP contribution in [0, 0.1) is 5.92 Å². The molecule has 1 saturated heterocycles. The lowest BCUT2D eigenvalue weighted by Gasteiger charge is -2.26. The predicted molar refractivity (Wildman–Crippen MR) is 121 cm³/mol. The monoisotopic (exact) mass is 432 g/mol. The molecule has 2 N–H and O–H groups in total. The quantitative estimate of drug-likeness (QED) is 0.334. The third-order valence-electron chi connectivity index (χ3n) is 5.60. The molecule has 0 bridgehead atoms. The summed E-state index contributed by atoms with van der Waals surface area (Å²) in [4.78, 5) is 7.17. The Morgan fingerprint density at radius 2 is 1.94 bits per heavy atom. The van der Waals surface area contributed by atoms with E-state index in [4.69, 9.17) is 23.9 Å². The third kappa shape index (κ3) is 7.87. The van der Waals surface area contributed by atoms with Crippen molar-refractivity contribution >= 4 is 11.6 Å². The van der Waals surface area contributed by atoms with Crippen molar-refractivity contribution < 1.29 is 18.9 Å². The molecule has 2 fully saturated rings. The molecule has 31 heavy (non-hydrogen) atoms. The van der Waals surface area contributed by atoms with E-state index >= 15 is 0 Å². The van der Waals surface area contributed by atoms with Crippen LogP contribution in [-0.4, -0.2) is 83.2 Å². The molecule has 1 aromatic carbocycles. The van der Waals surface area contributed by atoms with E-state index in [1.807, 2.05) is 18.2 Å². The highest BCUT2D eigenvalue weighted by Crippen LogP contribution is 2.32. The lowest BCUT2D eigenvalue weighted by Crippen LogP contribution is -2.42. The van der Waals surface area contributed by atoms with Crippen LogP contribution in [0.15, 0.2) is 23.2 Å². The number of morpholine rings is 1. The molecule has 1 saturated carbocycles. The summed E-state index contributed by atoms with van der Waals surface area (Å²) in [6.07, 6.45) is 4.48. The normalized spacial score (nSPS) is 19.7. The van der Waals surface area contributed by atoms with Crippen LogP contribution in [-0.2, 0) is 9.47 Å². The summed E-state index contributed by atoms with van der Waals surface area (Å²) >= 11 is 0. The average Bonchev–Trinajstić information content (AvgIpc) is 3.63. The molecule has 1 aliphatic carbocycles. The Bertz CT molecular complexity index is 705. The average molecular weight is 433 g/mol. The first-order valence-corrected chi connectivity index (χ1v) is 11.7. The Labute approximate surface area is 185 Å².